The lowest BCUT2D eigenvalue weighted by molar-refractivity contribution is 0.437. The molecule has 0 bridgehead atoms. The molecule has 0 fully saturated rings. The van der Waals surface area contributed by atoms with Crippen molar-refractivity contribution in [1.82, 2.24) is 0 Å². The Hall–Kier alpha value is -6.29. The van der Waals surface area contributed by atoms with Gasteiger partial charge in [0.15, 0.2) is 5.75 Å². The first-order chi connectivity index (χ1) is 25.2. The molecule has 9 aromatic rings. The highest BCUT2D eigenvalue weighted by Crippen LogP contribution is 2.64. The molecule has 0 radical (unpaired) electrons. The summed E-state index contributed by atoms with van der Waals surface area (Å²) in [5.41, 5.74) is 11.2. The van der Waals surface area contributed by atoms with E-state index < -0.39 is 5.41 Å². The Morgan fingerprint density at radius 3 is 2.18 bits per heavy atom. The minimum Gasteiger partial charge on any atom is -0.456 e. The van der Waals surface area contributed by atoms with Gasteiger partial charge in [0.2, 0.25) is 0 Å². The van der Waals surface area contributed by atoms with Crippen LogP contribution >= 0.6 is 11.6 Å². The van der Waals surface area contributed by atoms with Crippen LogP contribution in [-0.4, -0.2) is 0 Å². The van der Waals surface area contributed by atoms with E-state index in [0.717, 1.165) is 61.6 Å². The number of anilines is 3. The highest BCUT2D eigenvalue weighted by atomic mass is 35.5. The van der Waals surface area contributed by atoms with Crippen molar-refractivity contribution in [2.24, 2.45) is 0 Å². The molecular weight excluding hydrogens is 646 g/mol. The maximum Gasteiger partial charge on any atom is 0.156 e. The fraction of sp³-hybridized carbons (Fsp3) is 0.0213. The maximum atomic E-state index is 7.15. The summed E-state index contributed by atoms with van der Waals surface area (Å²) < 4.78 is 13.6. The summed E-state index contributed by atoms with van der Waals surface area (Å²) in [6, 6.07) is 60.0. The van der Waals surface area contributed by atoms with E-state index in [2.05, 4.69) is 157 Å². The van der Waals surface area contributed by atoms with Gasteiger partial charge in [-0.25, -0.2) is 0 Å². The zero-order valence-electron chi connectivity index (χ0n) is 27.3. The summed E-state index contributed by atoms with van der Waals surface area (Å²) in [7, 11) is 0. The molecule has 1 aliphatic carbocycles. The second-order valence-electron chi connectivity index (χ2n) is 13.3. The molecular formula is C47H28ClNO2. The van der Waals surface area contributed by atoms with Gasteiger partial charge in [-0.3, -0.25) is 0 Å². The van der Waals surface area contributed by atoms with Gasteiger partial charge in [0, 0.05) is 33.3 Å². The number of fused-ring (bicyclic) bond motifs is 14. The topological polar surface area (TPSA) is 25.6 Å². The van der Waals surface area contributed by atoms with Gasteiger partial charge in [0.05, 0.1) is 22.2 Å². The van der Waals surface area contributed by atoms with Crippen LogP contribution in [0.1, 0.15) is 22.3 Å². The molecule has 0 saturated carbocycles. The van der Waals surface area contributed by atoms with Crippen molar-refractivity contribution in [2.75, 3.05) is 4.90 Å². The summed E-state index contributed by atoms with van der Waals surface area (Å²) >= 11 is 6.44. The number of rotatable bonds is 3. The van der Waals surface area contributed by atoms with Crippen molar-refractivity contribution < 1.29 is 9.15 Å². The van der Waals surface area contributed by atoms with Crippen LogP contribution in [0.5, 0.6) is 11.5 Å². The average molecular weight is 674 g/mol. The first-order valence-electron chi connectivity index (χ1n) is 17.2. The Bertz CT molecular complexity index is 2870. The average Bonchev–Trinajstić information content (AvgIpc) is 3.70. The minimum atomic E-state index is -0.608. The van der Waals surface area contributed by atoms with E-state index in [1.165, 1.54) is 33.0 Å². The van der Waals surface area contributed by atoms with Gasteiger partial charge in [0.25, 0.3) is 0 Å². The summed E-state index contributed by atoms with van der Waals surface area (Å²) in [4.78, 5) is 2.31. The molecule has 51 heavy (non-hydrogen) atoms. The lowest BCUT2D eigenvalue weighted by Crippen LogP contribution is -2.32. The molecule has 1 spiro atoms. The summed E-state index contributed by atoms with van der Waals surface area (Å²) in [5.74, 6) is 1.67. The van der Waals surface area contributed by atoms with Crippen LogP contribution in [0, 0.1) is 0 Å². The van der Waals surface area contributed by atoms with Crippen molar-refractivity contribution >= 4 is 61.4 Å². The zero-order valence-corrected chi connectivity index (χ0v) is 28.1. The van der Waals surface area contributed by atoms with Crippen LogP contribution in [-0.2, 0) is 5.41 Å². The van der Waals surface area contributed by atoms with Crippen LogP contribution in [0.4, 0.5) is 17.1 Å². The minimum absolute atomic E-state index is 0.608. The molecule has 4 heteroatoms. The molecule has 0 saturated heterocycles. The number of nitrogens with zero attached hydrogens (tertiary/aromatic N) is 1. The van der Waals surface area contributed by atoms with Crippen molar-refractivity contribution in [2.45, 2.75) is 5.41 Å². The van der Waals surface area contributed by atoms with Gasteiger partial charge in [-0.15, -0.1) is 0 Å². The first-order valence-corrected chi connectivity index (χ1v) is 17.6. The normalized spacial score (nSPS) is 15.4. The third kappa shape index (κ3) is 3.84. The van der Waals surface area contributed by atoms with Crippen LogP contribution in [0.15, 0.2) is 174 Å². The number of hydrogen-bond acceptors (Lipinski definition) is 3. The molecule has 1 atom stereocenters. The Balaban J connectivity index is 1.26. The first kappa shape index (κ1) is 28.5. The second kappa shape index (κ2) is 10.6. The number of furan rings is 1. The van der Waals surface area contributed by atoms with Crippen LogP contribution in [0.2, 0.25) is 5.02 Å². The van der Waals surface area contributed by atoms with E-state index >= 15 is 0 Å². The molecule has 240 valence electrons. The van der Waals surface area contributed by atoms with E-state index in [9.17, 15) is 0 Å². The van der Waals surface area contributed by atoms with Crippen LogP contribution < -0.4 is 9.64 Å². The third-order valence-corrected chi connectivity index (χ3v) is 11.0. The van der Waals surface area contributed by atoms with E-state index in [4.69, 9.17) is 20.8 Å². The molecule has 11 rings (SSSR count). The van der Waals surface area contributed by atoms with Gasteiger partial charge >= 0.3 is 0 Å². The van der Waals surface area contributed by atoms with Gasteiger partial charge in [-0.2, -0.15) is 0 Å². The largest absolute Gasteiger partial charge is 0.456 e. The lowest BCUT2D eigenvalue weighted by Gasteiger charge is -2.41. The summed E-state index contributed by atoms with van der Waals surface area (Å²) in [5, 5.41) is 5.14. The quantitative estimate of drug-likeness (QED) is 0.187. The number of ether oxygens (including phenoxy) is 1. The molecule has 0 N–H and O–H groups in total. The fourth-order valence-electron chi connectivity index (χ4n) is 8.80. The van der Waals surface area contributed by atoms with Crippen molar-refractivity contribution in [1.29, 1.82) is 0 Å². The summed E-state index contributed by atoms with van der Waals surface area (Å²) in [6.45, 7) is 0. The Labute approximate surface area is 299 Å². The number of para-hydroxylation sites is 3. The van der Waals surface area contributed by atoms with Crippen molar-refractivity contribution in [3.8, 4) is 22.6 Å². The number of hydrogen-bond donors (Lipinski definition) is 0. The highest BCUT2D eigenvalue weighted by Gasteiger charge is 2.52. The van der Waals surface area contributed by atoms with E-state index in [0.29, 0.717) is 5.02 Å². The molecule has 1 aromatic heterocycles. The predicted molar refractivity (Wildman–Crippen MR) is 208 cm³/mol. The molecule has 1 aliphatic heterocycles. The SMILES string of the molecule is Clc1ccc2c(c1)oc1cccc(N(c3ccccc3)c3cccc4c3Oc3ccccc3C43c4ccccc4-c4c3ccc3ccccc43)c12. The van der Waals surface area contributed by atoms with Crippen LogP contribution in [0.3, 0.4) is 0 Å². The number of halogens is 1. The molecule has 1 unspecified atom stereocenters. The molecule has 2 heterocycles. The maximum absolute atomic E-state index is 7.15. The summed E-state index contributed by atoms with van der Waals surface area (Å²) in [6.07, 6.45) is 0. The number of benzene rings is 8. The Morgan fingerprint density at radius 1 is 0.510 bits per heavy atom. The van der Waals surface area contributed by atoms with Gasteiger partial charge in [-0.05, 0) is 81.6 Å². The van der Waals surface area contributed by atoms with Crippen molar-refractivity contribution in [3.05, 3.63) is 197 Å². The predicted octanol–water partition coefficient (Wildman–Crippen LogP) is 13.3. The monoisotopic (exact) mass is 673 g/mol. The molecule has 0 amide bonds. The second-order valence-corrected chi connectivity index (χ2v) is 13.8. The molecule has 2 aliphatic rings. The Morgan fingerprint density at radius 2 is 1.25 bits per heavy atom. The molecule has 8 aromatic carbocycles. The Kier molecular flexibility index (Phi) is 5.93. The van der Waals surface area contributed by atoms with Crippen molar-refractivity contribution in [3.63, 3.8) is 0 Å². The van der Waals surface area contributed by atoms with E-state index in [1.807, 2.05) is 18.2 Å². The zero-order chi connectivity index (χ0) is 33.7. The standard InChI is InChI=1S/C47H28ClNO2/c48-30-25-26-34-43(28-30)50-42-23-11-20-39(45(34)42)49(31-13-2-1-3-14-31)40-21-10-19-38-46(40)51-41-22-9-8-18-36(41)47(38)35-17-7-6-16-33(35)44-32-15-5-4-12-29(32)24-27-37(44)47/h1-28H. The highest BCUT2D eigenvalue weighted by molar-refractivity contribution is 6.31. The smallest absolute Gasteiger partial charge is 0.156 e. The van der Waals surface area contributed by atoms with E-state index in [-0.39, 0.29) is 0 Å². The van der Waals surface area contributed by atoms with E-state index in [1.54, 1.807) is 0 Å². The van der Waals surface area contributed by atoms with Crippen LogP contribution in [0.25, 0.3) is 43.8 Å². The fourth-order valence-corrected chi connectivity index (χ4v) is 8.97. The van der Waals surface area contributed by atoms with Gasteiger partial charge in [-0.1, -0.05) is 127 Å². The van der Waals surface area contributed by atoms with Gasteiger partial charge in [0.1, 0.15) is 16.9 Å². The molecule has 3 nitrogen and oxygen atoms in total. The van der Waals surface area contributed by atoms with Gasteiger partial charge < -0.3 is 14.1 Å². The third-order valence-electron chi connectivity index (χ3n) is 10.8. The lowest BCUT2D eigenvalue weighted by atomic mass is 9.66.